The molecule has 130 valence electrons. The molecule has 0 radical (unpaired) electrons. The Hall–Kier alpha value is -0.0800. The average molecular weight is 310 g/mol. The predicted molar refractivity (Wildman–Crippen MR) is 95.2 cm³/mol. The van der Waals surface area contributed by atoms with E-state index in [1.807, 2.05) is 0 Å². The van der Waals surface area contributed by atoms with Crippen LogP contribution >= 0.6 is 0 Å². The number of unbranched alkanes of at least 4 members (excludes halogenated alkanes) is 8. The molecule has 2 unspecified atom stereocenters. The number of hydrogen-bond acceptors (Lipinski definition) is 2. The third-order valence-electron chi connectivity index (χ3n) is 6.20. The Labute approximate surface area is 138 Å². The molecule has 0 amide bonds. The maximum atomic E-state index is 11.0. The molecule has 0 spiro atoms. The van der Waals surface area contributed by atoms with E-state index in [9.17, 15) is 5.11 Å². The van der Waals surface area contributed by atoms with E-state index in [2.05, 4.69) is 18.9 Å². The second-order valence-electron chi connectivity index (χ2n) is 8.12. The van der Waals surface area contributed by atoms with Gasteiger partial charge >= 0.3 is 0 Å². The lowest BCUT2D eigenvalue weighted by atomic mass is 9.74. The Bertz CT molecular complexity index is 290. The summed E-state index contributed by atoms with van der Waals surface area (Å²) in [6.07, 6.45) is 19.4. The van der Waals surface area contributed by atoms with Gasteiger partial charge in [-0.25, -0.2) is 0 Å². The molecule has 1 N–H and O–H groups in total. The van der Waals surface area contributed by atoms with E-state index in [1.165, 1.54) is 77.0 Å². The van der Waals surface area contributed by atoms with Gasteiger partial charge in [-0.15, -0.1) is 0 Å². The highest BCUT2D eigenvalue weighted by molar-refractivity contribution is 4.98. The van der Waals surface area contributed by atoms with Crippen molar-refractivity contribution >= 4 is 0 Å². The fraction of sp³-hybridized carbons (Fsp3) is 1.00. The second kappa shape index (κ2) is 9.27. The summed E-state index contributed by atoms with van der Waals surface area (Å²) in [6.45, 7) is 2.28. The van der Waals surface area contributed by atoms with E-state index in [-0.39, 0.29) is 5.60 Å². The Kier molecular flexibility index (Phi) is 7.70. The molecule has 22 heavy (non-hydrogen) atoms. The standard InChI is InChI=1S/C20H39NO/c1-3-4-5-6-7-8-9-10-11-15-20(22)16-18-13-12-14-19(17-20)21(18)2/h18-19,22H,3-17H2,1-2H3. The number of nitrogens with zero attached hydrogens (tertiary/aromatic N) is 1. The molecule has 2 rings (SSSR count). The topological polar surface area (TPSA) is 23.5 Å². The molecule has 2 atom stereocenters. The van der Waals surface area contributed by atoms with Crippen molar-refractivity contribution in [3.05, 3.63) is 0 Å². The lowest BCUT2D eigenvalue weighted by Gasteiger charge is -2.50. The van der Waals surface area contributed by atoms with Crippen molar-refractivity contribution in [2.24, 2.45) is 0 Å². The molecule has 0 aliphatic carbocycles. The summed E-state index contributed by atoms with van der Waals surface area (Å²) in [5, 5.41) is 11.0. The molecule has 2 saturated heterocycles. The summed E-state index contributed by atoms with van der Waals surface area (Å²) in [5.74, 6) is 0. The van der Waals surface area contributed by atoms with Crippen molar-refractivity contribution in [3.63, 3.8) is 0 Å². The second-order valence-corrected chi connectivity index (χ2v) is 8.12. The molecule has 2 aliphatic rings. The maximum Gasteiger partial charge on any atom is 0.0677 e. The van der Waals surface area contributed by atoms with Crippen LogP contribution in [0.5, 0.6) is 0 Å². The van der Waals surface area contributed by atoms with Crippen LogP contribution in [0.3, 0.4) is 0 Å². The number of hydrogen-bond donors (Lipinski definition) is 1. The molecule has 0 saturated carbocycles. The molecule has 2 heteroatoms. The van der Waals surface area contributed by atoms with Crippen LogP contribution in [0.4, 0.5) is 0 Å². The van der Waals surface area contributed by atoms with E-state index in [1.54, 1.807) is 0 Å². The number of aliphatic hydroxyl groups is 1. The van der Waals surface area contributed by atoms with E-state index >= 15 is 0 Å². The SMILES string of the molecule is CCCCCCCCCCCC1(O)CC2CCCC(C1)N2C. The molecular weight excluding hydrogens is 270 g/mol. The lowest BCUT2D eigenvalue weighted by Crippen LogP contribution is -2.56. The van der Waals surface area contributed by atoms with Gasteiger partial charge in [0.2, 0.25) is 0 Å². The van der Waals surface area contributed by atoms with Gasteiger partial charge in [0.05, 0.1) is 5.60 Å². The van der Waals surface area contributed by atoms with E-state index in [0.29, 0.717) is 12.1 Å². The molecule has 0 aromatic rings. The Morgan fingerprint density at radius 1 is 0.864 bits per heavy atom. The fourth-order valence-electron chi connectivity index (χ4n) is 4.72. The van der Waals surface area contributed by atoms with E-state index in [4.69, 9.17) is 0 Å². The highest BCUT2D eigenvalue weighted by Crippen LogP contribution is 2.40. The van der Waals surface area contributed by atoms with Gasteiger partial charge in [0, 0.05) is 12.1 Å². The van der Waals surface area contributed by atoms with Crippen LogP contribution in [-0.4, -0.2) is 34.7 Å². The highest BCUT2D eigenvalue weighted by atomic mass is 16.3. The molecule has 2 nitrogen and oxygen atoms in total. The molecular formula is C20H39NO. The first-order valence-electron chi connectivity index (χ1n) is 10.1. The van der Waals surface area contributed by atoms with Crippen molar-refractivity contribution in [2.75, 3.05) is 7.05 Å². The summed E-state index contributed by atoms with van der Waals surface area (Å²) < 4.78 is 0. The summed E-state index contributed by atoms with van der Waals surface area (Å²) in [7, 11) is 2.27. The largest absolute Gasteiger partial charge is 0.390 e. The van der Waals surface area contributed by atoms with Crippen molar-refractivity contribution in [2.45, 2.75) is 121 Å². The molecule has 0 aromatic carbocycles. The minimum absolute atomic E-state index is 0.344. The van der Waals surface area contributed by atoms with Gasteiger partial charge in [-0.05, 0) is 39.2 Å². The quantitative estimate of drug-likeness (QED) is 0.555. The minimum Gasteiger partial charge on any atom is -0.390 e. The van der Waals surface area contributed by atoms with Gasteiger partial charge < -0.3 is 10.0 Å². The first-order valence-corrected chi connectivity index (χ1v) is 10.1. The van der Waals surface area contributed by atoms with E-state index < -0.39 is 0 Å². The monoisotopic (exact) mass is 309 g/mol. The zero-order valence-corrected chi connectivity index (χ0v) is 15.2. The van der Waals surface area contributed by atoms with Gasteiger partial charge in [0.25, 0.3) is 0 Å². The Balaban J connectivity index is 1.55. The van der Waals surface area contributed by atoms with Crippen LogP contribution in [0, 0.1) is 0 Å². The number of fused-ring (bicyclic) bond motifs is 2. The molecule has 2 heterocycles. The Morgan fingerprint density at radius 2 is 1.36 bits per heavy atom. The predicted octanol–water partition coefficient (Wildman–Crippen LogP) is 5.29. The summed E-state index contributed by atoms with van der Waals surface area (Å²) in [5.41, 5.74) is -0.344. The molecule has 2 aliphatic heterocycles. The van der Waals surface area contributed by atoms with Crippen LogP contribution in [-0.2, 0) is 0 Å². The zero-order chi connectivity index (χ0) is 15.8. The molecule has 2 bridgehead atoms. The summed E-state index contributed by atoms with van der Waals surface area (Å²) in [4.78, 5) is 2.55. The summed E-state index contributed by atoms with van der Waals surface area (Å²) in [6, 6.07) is 1.30. The minimum atomic E-state index is -0.344. The zero-order valence-electron chi connectivity index (χ0n) is 15.2. The van der Waals surface area contributed by atoms with Crippen molar-refractivity contribution < 1.29 is 5.11 Å². The van der Waals surface area contributed by atoms with Gasteiger partial charge in [-0.1, -0.05) is 71.1 Å². The van der Waals surface area contributed by atoms with Crippen molar-refractivity contribution in [3.8, 4) is 0 Å². The summed E-state index contributed by atoms with van der Waals surface area (Å²) >= 11 is 0. The van der Waals surface area contributed by atoms with Gasteiger partial charge in [0.15, 0.2) is 0 Å². The van der Waals surface area contributed by atoms with Gasteiger partial charge in [-0.2, -0.15) is 0 Å². The highest BCUT2D eigenvalue weighted by Gasteiger charge is 2.43. The Morgan fingerprint density at radius 3 is 1.91 bits per heavy atom. The number of piperidine rings is 2. The average Bonchev–Trinajstić information content (AvgIpc) is 2.48. The third kappa shape index (κ3) is 5.53. The lowest BCUT2D eigenvalue weighted by molar-refractivity contribution is -0.0878. The van der Waals surface area contributed by atoms with Crippen molar-refractivity contribution in [1.82, 2.24) is 4.90 Å². The van der Waals surface area contributed by atoms with Crippen LogP contribution in [0.15, 0.2) is 0 Å². The number of rotatable bonds is 10. The van der Waals surface area contributed by atoms with Crippen LogP contribution < -0.4 is 0 Å². The van der Waals surface area contributed by atoms with Crippen LogP contribution in [0.2, 0.25) is 0 Å². The molecule has 0 aromatic heterocycles. The smallest absolute Gasteiger partial charge is 0.0677 e. The van der Waals surface area contributed by atoms with Gasteiger partial charge in [-0.3, -0.25) is 0 Å². The van der Waals surface area contributed by atoms with Crippen molar-refractivity contribution in [1.29, 1.82) is 0 Å². The normalized spacial score (nSPS) is 32.3. The first-order chi connectivity index (χ1) is 10.6. The first kappa shape index (κ1) is 18.3. The van der Waals surface area contributed by atoms with Gasteiger partial charge in [0.1, 0.15) is 0 Å². The third-order valence-corrected chi connectivity index (χ3v) is 6.20. The maximum absolute atomic E-state index is 11.0. The molecule has 2 fully saturated rings. The van der Waals surface area contributed by atoms with Crippen LogP contribution in [0.25, 0.3) is 0 Å². The van der Waals surface area contributed by atoms with Crippen LogP contribution in [0.1, 0.15) is 103 Å². The fourth-order valence-corrected chi connectivity index (χ4v) is 4.72. The van der Waals surface area contributed by atoms with E-state index in [0.717, 1.165) is 19.3 Å².